The van der Waals surface area contributed by atoms with Gasteiger partial charge in [-0.15, -0.1) is 11.8 Å². The maximum atomic E-state index is 8.76. The van der Waals surface area contributed by atoms with E-state index in [1.54, 1.807) is 30.1 Å². The molecule has 90 valence electrons. The van der Waals surface area contributed by atoms with E-state index in [2.05, 4.69) is 4.98 Å². The van der Waals surface area contributed by atoms with Crippen LogP contribution in [0.2, 0.25) is 10.0 Å². The molecule has 1 aromatic heterocycles. The van der Waals surface area contributed by atoms with E-state index in [9.17, 15) is 0 Å². The van der Waals surface area contributed by atoms with E-state index in [1.807, 2.05) is 24.3 Å². The summed E-state index contributed by atoms with van der Waals surface area (Å²) in [6.45, 7) is 0. The van der Waals surface area contributed by atoms with Crippen LogP contribution < -0.4 is 0 Å². The molecule has 0 aliphatic heterocycles. The van der Waals surface area contributed by atoms with Gasteiger partial charge < -0.3 is 0 Å². The number of aromatic nitrogens is 1. The fourth-order valence-corrected chi connectivity index (χ4v) is 2.54. The number of halogens is 2. The summed E-state index contributed by atoms with van der Waals surface area (Å²) in [5.41, 5.74) is 1.51. The molecule has 0 spiro atoms. The first-order chi connectivity index (χ1) is 8.69. The van der Waals surface area contributed by atoms with Crippen molar-refractivity contribution < 1.29 is 0 Å². The average Bonchev–Trinajstić information content (AvgIpc) is 2.40. The number of nitriles is 1. The number of benzene rings is 1. The van der Waals surface area contributed by atoms with Crippen molar-refractivity contribution in [3.63, 3.8) is 0 Å². The quantitative estimate of drug-likeness (QED) is 0.779. The molecule has 1 aromatic carbocycles. The Morgan fingerprint density at radius 3 is 2.72 bits per heavy atom. The zero-order chi connectivity index (χ0) is 13.0. The van der Waals surface area contributed by atoms with Crippen LogP contribution in [0.15, 0.2) is 41.4 Å². The zero-order valence-corrected chi connectivity index (χ0v) is 11.6. The second-order valence-corrected chi connectivity index (χ2v) is 5.39. The van der Waals surface area contributed by atoms with Crippen LogP contribution in [0.5, 0.6) is 0 Å². The van der Waals surface area contributed by atoms with E-state index in [1.165, 1.54) is 0 Å². The lowest BCUT2D eigenvalue weighted by Crippen LogP contribution is -1.84. The molecule has 2 rings (SSSR count). The Morgan fingerprint density at radius 2 is 2.00 bits per heavy atom. The monoisotopic (exact) mass is 294 g/mol. The van der Waals surface area contributed by atoms with Gasteiger partial charge in [0.15, 0.2) is 0 Å². The summed E-state index contributed by atoms with van der Waals surface area (Å²) in [4.78, 5) is 4.93. The van der Waals surface area contributed by atoms with Crippen LogP contribution in [0.4, 0.5) is 0 Å². The van der Waals surface area contributed by atoms with Gasteiger partial charge in [0.05, 0.1) is 10.0 Å². The molecule has 0 aliphatic rings. The van der Waals surface area contributed by atoms with Crippen molar-refractivity contribution in [1.29, 1.82) is 5.26 Å². The minimum absolute atomic E-state index is 0.425. The van der Waals surface area contributed by atoms with Gasteiger partial charge in [-0.25, -0.2) is 4.98 Å². The van der Waals surface area contributed by atoms with Crippen LogP contribution in [-0.4, -0.2) is 4.98 Å². The molecular weight excluding hydrogens is 287 g/mol. The number of pyridine rings is 1. The van der Waals surface area contributed by atoms with Gasteiger partial charge in [-0.1, -0.05) is 29.3 Å². The van der Waals surface area contributed by atoms with Gasteiger partial charge in [-0.05, 0) is 29.8 Å². The predicted octanol–water partition coefficient (Wildman–Crippen LogP) is 4.55. The van der Waals surface area contributed by atoms with Crippen molar-refractivity contribution in [3.8, 4) is 6.07 Å². The average molecular weight is 295 g/mol. The Bertz CT molecular complexity index is 608. The van der Waals surface area contributed by atoms with Crippen LogP contribution in [0, 0.1) is 11.3 Å². The third-order valence-electron chi connectivity index (χ3n) is 2.24. The number of thioether (sulfide) groups is 1. The summed E-state index contributed by atoms with van der Waals surface area (Å²) >= 11 is 13.4. The minimum Gasteiger partial charge on any atom is -0.245 e. The lowest BCUT2D eigenvalue weighted by Gasteiger charge is -2.03. The summed E-state index contributed by atoms with van der Waals surface area (Å²) in [5, 5.41) is 9.87. The molecule has 0 amide bonds. The number of hydrogen-bond acceptors (Lipinski definition) is 3. The van der Waals surface area contributed by atoms with E-state index in [4.69, 9.17) is 28.5 Å². The lowest BCUT2D eigenvalue weighted by molar-refractivity contribution is 1.21. The first-order valence-electron chi connectivity index (χ1n) is 5.12. The largest absolute Gasteiger partial charge is 0.245 e. The maximum Gasteiger partial charge on any atom is 0.141 e. The van der Waals surface area contributed by atoms with Gasteiger partial charge >= 0.3 is 0 Å². The summed E-state index contributed by atoms with van der Waals surface area (Å²) in [6, 6.07) is 11.2. The number of hydrogen-bond donors (Lipinski definition) is 0. The Kier molecular flexibility index (Phi) is 4.48. The Balaban J connectivity index is 2.07. The van der Waals surface area contributed by atoms with Gasteiger partial charge in [0.25, 0.3) is 0 Å². The van der Waals surface area contributed by atoms with E-state index < -0.39 is 0 Å². The molecule has 0 saturated heterocycles. The minimum atomic E-state index is 0.425. The summed E-state index contributed by atoms with van der Waals surface area (Å²) in [7, 11) is 0. The van der Waals surface area contributed by atoms with Gasteiger partial charge in [0.1, 0.15) is 11.8 Å². The first-order valence-corrected chi connectivity index (χ1v) is 6.86. The first kappa shape index (κ1) is 13.2. The number of rotatable bonds is 3. The Labute approximate surface area is 120 Å². The van der Waals surface area contributed by atoms with Gasteiger partial charge in [-0.2, -0.15) is 5.26 Å². The fourth-order valence-electron chi connectivity index (χ4n) is 1.36. The highest BCUT2D eigenvalue weighted by atomic mass is 35.5. The molecule has 18 heavy (non-hydrogen) atoms. The van der Waals surface area contributed by atoms with Crippen molar-refractivity contribution in [2.45, 2.75) is 10.6 Å². The topological polar surface area (TPSA) is 36.7 Å². The molecule has 2 nitrogen and oxygen atoms in total. The van der Waals surface area contributed by atoms with Gasteiger partial charge in [-0.3, -0.25) is 0 Å². The lowest BCUT2D eigenvalue weighted by atomic mass is 10.2. The van der Waals surface area contributed by atoms with Crippen LogP contribution >= 0.6 is 35.0 Å². The van der Waals surface area contributed by atoms with Crippen LogP contribution in [0.1, 0.15) is 11.3 Å². The molecule has 0 fully saturated rings. The van der Waals surface area contributed by atoms with E-state index in [0.717, 1.165) is 16.2 Å². The van der Waals surface area contributed by atoms with Crippen molar-refractivity contribution >= 4 is 35.0 Å². The van der Waals surface area contributed by atoms with Crippen LogP contribution in [0.25, 0.3) is 0 Å². The molecular formula is C13H8Cl2N2S. The fraction of sp³-hybridized carbons (Fsp3) is 0.0769. The second kappa shape index (κ2) is 6.10. The van der Waals surface area contributed by atoms with Crippen LogP contribution in [-0.2, 0) is 5.75 Å². The summed E-state index contributed by atoms with van der Waals surface area (Å²) in [6.07, 6.45) is 1.63. The smallest absolute Gasteiger partial charge is 0.141 e. The third kappa shape index (κ3) is 3.39. The summed E-state index contributed by atoms with van der Waals surface area (Å²) in [5.74, 6) is 0.770. The second-order valence-electron chi connectivity index (χ2n) is 3.53. The molecule has 5 heteroatoms. The zero-order valence-electron chi connectivity index (χ0n) is 9.23. The third-order valence-corrected chi connectivity index (χ3v) is 4.04. The summed E-state index contributed by atoms with van der Waals surface area (Å²) < 4.78 is 0. The Hall–Kier alpha value is -1.21. The van der Waals surface area contributed by atoms with E-state index >= 15 is 0 Å². The standard InChI is InChI=1S/C13H8Cl2N2S/c14-12-2-1-9(5-13(12)15)8-18-11-3-4-17-10(6-11)7-16/h1-6H,8H2. The van der Waals surface area contributed by atoms with Crippen molar-refractivity contribution in [2.75, 3.05) is 0 Å². The molecule has 0 bridgehead atoms. The highest BCUT2D eigenvalue weighted by Crippen LogP contribution is 2.27. The van der Waals surface area contributed by atoms with Gasteiger partial charge in [0.2, 0.25) is 0 Å². The normalized spacial score (nSPS) is 10.1. The van der Waals surface area contributed by atoms with Crippen molar-refractivity contribution in [2.24, 2.45) is 0 Å². The molecule has 0 saturated carbocycles. The predicted molar refractivity (Wildman–Crippen MR) is 75.0 cm³/mol. The molecule has 2 aromatic rings. The van der Waals surface area contributed by atoms with E-state index in [-0.39, 0.29) is 0 Å². The molecule has 0 radical (unpaired) electrons. The van der Waals surface area contributed by atoms with Crippen LogP contribution in [0.3, 0.4) is 0 Å². The molecule has 0 aliphatic carbocycles. The molecule has 1 heterocycles. The molecule has 0 N–H and O–H groups in total. The number of nitrogens with zero attached hydrogens (tertiary/aromatic N) is 2. The molecule has 0 unspecified atom stereocenters. The maximum absolute atomic E-state index is 8.76. The van der Waals surface area contributed by atoms with Crippen molar-refractivity contribution in [1.82, 2.24) is 4.98 Å². The van der Waals surface area contributed by atoms with E-state index in [0.29, 0.717) is 15.7 Å². The highest BCUT2D eigenvalue weighted by Gasteiger charge is 2.02. The van der Waals surface area contributed by atoms with Crippen molar-refractivity contribution in [3.05, 3.63) is 57.8 Å². The highest BCUT2D eigenvalue weighted by molar-refractivity contribution is 7.98. The molecule has 0 atom stereocenters. The Morgan fingerprint density at radius 1 is 1.17 bits per heavy atom. The van der Waals surface area contributed by atoms with Gasteiger partial charge in [0, 0.05) is 16.8 Å². The SMILES string of the molecule is N#Cc1cc(SCc2ccc(Cl)c(Cl)c2)ccn1.